The van der Waals surface area contributed by atoms with Crippen molar-refractivity contribution in [3.05, 3.63) is 95.2 Å². The molecule has 1 heterocycles. The van der Waals surface area contributed by atoms with Gasteiger partial charge in [-0.05, 0) is 56.5 Å². The summed E-state index contributed by atoms with van der Waals surface area (Å²) in [4.78, 5) is 34.4. The fourth-order valence-corrected chi connectivity index (χ4v) is 4.74. The third-order valence-corrected chi connectivity index (χ3v) is 7.00. The lowest BCUT2D eigenvalue weighted by atomic mass is 10.1. The molecule has 0 bridgehead atoms. The molecule has 7 nitrogen and oxygen atoms in total. The van der Waals surface area contributed by atoms with Crippen molar-refractivity contribution in [1.82, 2.24) is 14.8 Å². The summed E-state index contributed by atoms with van der Waals surface area (Å²) >= 11 is 0. The number of carbonyl (C=O) groups excluding carboxylic acids is 2. The number of aryl methyl sites for hydroxylation is 1. The van der Waals surface area contributed by atoms with E-state index >= 15 is 0 Å². The van der Waals surface area contributed by atoms with Gasteiger partial charge in [-0.2, -0.15) is 0 Å². The van der Waals surface area contributed by atoms with Crippen LogP contribution in [0, 0.1) is 6.92 Å². The highest BCUT2D eigenvalue weighted by atomic mass is 16.5. The zero-order valence-corrected chi connectivity index (χ0v) is 23.4. The van der Waals surface area contributed by atoms with E-state index in [0.29, 0.717) is 36.6 Å². The summed E-state index contributed by atoms with van der Waals surface area (Å²) in [5.41, 5.74) is 4.75. The lowest BCUT2D eigenvalue weighted by molar-refractivity contribution is -0.132. The summed E-state index contributed by atoms with van der Waals surface area (Å²) in [6.45, 7) is 6.78. The minimum Gasteiger partial charge on any atom is -0.496 e. The maximum absolute atomic E-state index is 13.9. The van der Waals surface area contributed by atoms with Crippen LogP contribution in [0.3, 0.4) is 0 Å². The molecule has 0 aliphatic carbocycles. The van der Waals surface area contributed by atoms with Crippen LogP contribution >= 0.6 is 0 Å². The first-order valence-corrected chi connectivity index (χ1v) is 13.2. The summed E-state index contributed by atoms with van der Waals surface area (Å²) in [6, 6.07) is 21.4. The molecule has 0 saturated heterocycles. The van der Waals surface area contributed by atoms with E-state index in [1.807, 2.05) is 62.2 Å². The molecule has 0 unspecified atom stereocenters. The summed E-state index contributed by atoms with van der Waals surface area (Å²) < 4.78 is 10.9. The highest BCUT2D eigenvalue weighted by Gasteiger charge is 2.29. The number of amides is 2. The van der Waals surface area contributed by atoms with Crippen molar-refractivity contribution in [3.63, 3.8) is 0 Å². The number of para-hydroxylation sites is 1. The second kappa shape index (κ2) is 12.5. The Kier molecular flexibility index (Phi) is 8.92. The van der Waals surface area contributed by atoms with Crippen molar-refractivity contribution >= 4 is 22.7 Å². The van der Waals surface area contributed by atoms with Gasteiger partial charge in [0.25, 0.3) is 5.91 Å². The van der Waals surface area contributed by atoms with Crippen LogP contribution in [-0.4, -0.2) is 59.9 Å². The second-order valence-electron chi connectivity index (χ2n) is 9.97. The normalized spacial score (nSPS) is 11.0. The summed E-state index contributed by atoms with van der Waals surface area (Å²) in [5.74, 6) is 0.396. The monoisotopic (exact) mass is 527 g/mol. The molecule has 1 N–H and O–H groups in total. The Morgan fingerprint density at radius 1 is 0.897 bits per heavy atom. The number of H-pyrrole nitrogens is 1. The number of carbonyl (C=O) groups is 2. The molecule has 7 heteroatoms. The van der Waals surface area contributed by atoms with E-state index in [1.165, 1.54) is 14.2 Å². The van der Waals surface area contributed by atoms with Crippen LogP contribution in [0.15, 0.2) is 72.9 Å². The van der Waals surface area contributed by atoms with Gasteiger partial charge in [0.1, 0.15) is 23.6 Å². The number of fused-ring (bicyclic) bond motifs is 1. The van der Waals surface area contributed by atoms with E-state index in [2.05, 4.69) is 23.2 Å². The summed E-state index contributed by atoms with van der Waals surface area (Å²) in [5, 5.41) is 1.16. The first kappa shape index (κ1) is 27.8. The van der Waals surface area contributed by atoms with Crippen LogP contribution in [0.5, 0.6) is 11.5 Å². The molecule has 0 aliphatic rings. The van der Waals surface area contributed by atoms with E-state index in [-0.39, 0.29) is 24.4 Å². The highest BCUT2D eigenvalue weighted by Crippen LogP contribution is 2.30. The lowest BCUT2D eigenvalue weighted by Crippen LogP contribution is -2.46. The molecular formula is C32H37N3O4. The molecule has 39 heavy (non-hydrogen) atoms. The zero-order chi connectivity index (χ0) is 27.9. The van der Waals surface area contributed by atoms with E-state index < -0.39 is 0 Å². The van der Waals surface area contributed by atoms with E-state index in [9.17, 15) is 9.59 Å². The van der Waals surface area contributed by atoms with Crippen LogP contribution in [0.4, 0.5) is 0 Å². The molecular weight excluding hydrogens is 490 g/mol. The van der Waals surface area contributed by atoms with Crippen molar-refractivity contribution in [2.75, 3.05) is 27.3 Å². The molecule has 0 saturated carbocycles. The van der Waals surface area contributed by atoms with E-state index in [1.54, 1.807) is 23.1 Å². The van der Waals surface area contributed by atoms with Crippen LogP contribution in [0.25, 0.3) is 10.9 Å². The highest BCUT2D eigenvalue weighted by molar-refractivity contribution is 6.01. The lowest BCUT2D eigenvalue weighted by Gasteiger charge is -2.31. The molecule has 4 aromatic rings. The Hall–Kier alpha value is -4.26. The van der Waals surface area contributed by atoms with Crippen LogP contribution < -0.4 is 9.47 Å². The van der Waals surface area contributed by atoms with Crippen LogP contribution in [-0.2, 0) is 17.8 Å². The fraction of sp³-hybridized carbons (Fsp3) is 0.312. The maximum Gasteiger partial charge on any atom is 0.262 e. The average molecular weight is 528 g/mol. The zero-order valence-electron chi connectivity index (χ0n) is 23.4. The van der Waals surface area contributed by atoms with Crippen molar-refractivity contribution in [2.24, 2.45) is 0 Å². The topological polar surface area (TPSA) is 74.9 Å². The van der Waals surface area contributed by atoms with Crippen molar-refractivity contribution in [2.45, 2.75) is 39.8 Å². The maximum atomic E-state index is 13.9. The van der Waals surface area contributed by atoms with Gasteiger partial charge in [-0.1, -0.05) is 54.1 Å². The van der Waals surface area contributed by atoms with Gasteiger partial charge in [0.15, 0.2) is 0 Å². The largest absolute Gasteiger partial charge is 0.496 e. The van der Waals surface area contributed by atoms with Crippen LogP contribution in [0.2, 0.25) is 0 Å². The van der Waals surface area contributed by atoms with E-state index in [0.717, 1.165) is 27.6 Å². The third-order valence-electron chi connectivity index (χ3n) is 7.00. The molecule has 0 spiro atoms. The first-order chi connectivity index (χ1) is 18.8. The second-order valence-corrected chi connectivity index (χ2v) is 9.97. The van der Waals surface area contributed by atoms with E-state index in [4.69, 9.17) is 9.47 Å². The van der Waals surface area contributed by atoms with Gasteiger partial charge in [0.2, 0.25) is 5.91 Å². The van der Waals surface area contributed by atoms with Gasteiger partial charge in [0.05, 0.1) is 14.2 Å². The number of methoxy groups -OCH3 is 2. The number of benzene rings is 3. The molecule has 2 amide bonds. The number of hydrogen-bond acceptors (Lipinski definition) is 4. The molecule has 0 aliphatic heterocycles. The minimum absolute atomic E-state index is 0.0581. The standard InChI is InChI=1S/C32H37N3O4/c1-22(2)35(32(37)31-28(38-4)11-8-12-29(31)39-5)21-30(36)34(20-24-15-13-23(3)14-16-24)18-17-25-19-33-27-10-7-6-9-26(25)27/h6-16,19,22,33H,17-18,20-21H2,1-5H3. The number of rotatable bonds is 11. The Morgan fingerprint density at radius 2 is 1.56 bits per heavy atom. The van der Waals surface area contributed by atoms with Crippen molar-refractivity contribution in [1.29, 1.82) is 0 Å². The quantitative estimate of drug-likeness (QED) is 0.275. The van der Waals surface area contributed by atoms with Gasteiger partial charge in [-0.25, -0.2) is 0 Å². The number of aromatic amines is 1. The molecule has 0 fully saturated rings. The Bertz CT molecular complexity index is 1400. The predicted octanol–water partition coefficient (Wildman–Crippen LogP) is 5.62. The van der Waals surface area contributed by atoms with Gasteiger partial charge >= 0.3 is 0 Å². The van der Waals surface area contributed by atoms with Gasteiger partial charge < -0.3 is 24.3 Å². The van der Waals surface area contributed by atoms with Crippen molar-refractivity contribution in [3.8, 4) is 11.5 Å². The Balaban J connectivity index is 1.59. The Labute approximate surface area is 230 Å². The number of nitrogens with one attached hydrogen (secondary N) is 1. The van der Waals surface area contributed by atoms with Gasteiger partial charge in [-0.15, -0.1) is 0 Å². The van der Waals surface area contributed by atoms with Crippen molar-refractivity contribution < 1.29 is 19.1 Å². The number of aromatic nitrogens is 1. The van der Waals surface area contributed by atoms with Crippen LogP contribution in [0.1, 0.15) is 40.9 Å². The molecule has 0 radical (unpaired) electrons. The number of ether oxygens (including phenoxy) is 2. The molecule has 3 aromatic carbocycles. The first-order valence-electron chi connectivity index (χ1n) is 13.2. The SMILES string of the molecule is COc1cccc(OC)c1C(=O)N(CC(=O)N(CCc1c[nH]c2ccccc12)Cc1ccc(C)cc1)C(C)C. The minimum atomic E-state index is -0.306. The molecule has 1 aromatic heterocycles. The summed E-state index contributed by atoms with van der Waals surface area (Å²) in [6.07, 6.45) is 2.70. The van der Waals surface area contributed by atoms with Gasteiger partial charge in [-0.3, -0.25) is 9.59 Å². The number of hydrogen-bond donors (Lipinski definition) is 1. The smallest absolute Gasteiger partial charge is 0.262 e. The molecule has 0 atom stereocenters. The van der Waals surface area contributed by atoms with Gasteiger partial charge in [0, 0.05) is 36.2 Å². The third kappa shape index (κ3) is 6.42. The molecule has 204 valence electrons. The average Bonchev–Trinajstić information content (AvgIpc) is 3.36. The predicted molar refractivity (Wildman–Crippen MR) is 154 cm³/mol. The number of nitrogens with zero attached hydrogens (tertiary/aromatic N) is 2. The molecule has 4 rings (SSSR count). The fourth-order valence-electron chi connectivity index (χ4n) is 4.74. The Morgan fingerprint density at radius 3 is 2.21 bits per heavy atom. The summed E-state index contributed by atoms with van der Waals surface area (Å²) in [7, 11) is 3.04.